The van der Waals surface area contributed by atoms with Crippen LogP contribution in [0.2, 0.25) is 0 Å². The van der Waals surface area contributed by atoms with Gasteiger partial charge in [-0.1, -0.05) is 68.9 Å². The van der Waals surface area contributed by atoms with Crippen molar-refractivity contribution in [2.24, 2.45) is 0 Å². The average molecular weight is 457 g/mol. The Morgan fingerprint density at radius 1 is 0.848 bits per heavy atom. The highest BCUT2D eigenvalue weighted by Crippen LogP contribution is 2.26. The summed E-state index contributed by atoms with van der Waals surface area (Å²) in [7, 11) is -3.84. The molecular weight excluding hydrogens is 428 g/mol. The fourth-order valence-electron chi connectivity index (χ4n) is 3.68. The summed E-state index contributed by atoms with van der Waals surface area (Å²) in [6.07, 6.45) is 3.38. The van der Waals surface area contributed by atoms with Crippen molar-refractivity contribution in [3.63, 3.8) is 0 Å². The van der Waals surface area contributed by atoms with Crippen LogP contribution in [0.4, 0.5) is 0 Å². The van der Waals surface area contributed by atoms with Crippen LogP contribution in [0.15, 0.2) is 102 Å². The molecule has 1 aromatic heterocycles. The molecule has 0 N–H and O–H groups in total. The third-order valence-corrected chi connectivity index (χ3v) is 6.90. The van der Waals surface area contributed by atoms with E-state index in [4.69, 9.17) is 0 Å². The molecule has 4 rings (SSSR count). The van der Waals surface area contributed by atoms with Gasteiger partial charge in [-0.3, -0.25) is 0 Å². The minimum atomic E-state index is -3.84. The Bertz CT molecular complexity index is 1410. The van der Waals surface area contributed by atoms with E-state index in [1.807, 2.05) is 66.2 Å². The van der Waals surface area contributed by atoms with Gasteiger partial charge in [0.05, 0.1) is 4.90 Å². The van der Waals surface area contributed by atoms with Gasteiger partial charge in [-0.25, -0.2) is 8.42 Å². The Labute approximate surface area is 196 Å². The molecule has 0 aliphatic carbocycles. The first-order valence-electron chi connectivity index (χ1n) is 10.9. The number of hydrogen-bond donors (Lipinski definition) is 0. The van der Waals surface area contributed by atoms with Gasteiger partial charge in [0.25, 0.3) is 0 Å². The van der Waals surface area contributed by atoms with Gasteiger partial charge in [0.2, 0.25) is 5.52 Å². The highest BCUT2D eigenvalue weighted by atomic mass is 32.2. The number of nitrogens with zero attached hydrogens (tertiary/aromatic N) is 2. The van der Waals surface area contributed by atoms with Crippen molar-refractivity contribution < 1.29 is 13.0 Å². The molecule has 0 saturated carbocycles. The summed E-state index contributed by atoms with van der Waals surface area (Å²) in [5.74, 6) is 0. The number of pyridine rings is 1. The lowest BCUT2D eigenvalue weighted by Crippen LogP contribution is -2.33. The molecule has 0 bridgehead atoms. The zero-order chi connectivity index (χ0) is 23.6. The van der Waals surface area contributed by atoms with Crippen LogP contribution in [0.3, 0.4) is 0 Å². The minimum Gasteiger partial charge on any atom is -0.574 e. The summed E-state index contributed by atoms with van der Waals surface area (Å²) < 4.78 is 31.9. The van der Waals surface area contributed by atoms with Gasteiger partial charge < -0.3 is 4.72 Å². The lowest BCUT2D eigenvalue weighted by Gasteiger charge is -2.20. The van der Waals surface area contributed by atoms with Gasteiger partial charge >= 0.3 is 0 Å². The minimum absolute atomic E-state index is 0.0220. The Kier molecular flexibility index (Phi) is 6.09. The molecule has 0 spiro atoms. The van der Waals surface area contributed by atoms with Gasteiger partial charge in [-0.2, -0.15) is 4.57 Å². The maximum Gasteiger partial charge on any atom is 0.218 e. The molecule has 0 fully saturated rings. The largest absolute Gasteiger partial charge is 0.574 e. The zero-order valence-corrected chi connectivity index (χ0v) is 20.2. The van der Waals surface area contributed by atoms with Gasteiger partial charge in [0, 0.05) is 23.1 Å². The van der Waals surface area contributed by atoms with Crippen molar-refractivity contribution in [1.29, 1.82) is 0 Å². The summed E-state index contributed by atoms with van der Waals surface area (Å²) in [4.78, 5) is 0.176. The van der Waals surface area contributed by atoms with Crippen molar-refractivity contribution in [3.8, 4) is 0 Å². The number of rotatable bonds is 5. The van der Waals surface area contributed by atoms with Gasteiger partial charge in [0.15, 0.2) is 11.9 Å². The van der Waals surface area contributed by atoms with E-state index in [2.05, 4.69) is 37.6 Å². The van der Waals surface area contributed by atoms with Crippen molar-refractivity contribution in [2.75, 3.05) is 0 Å². The molecule has 168 valence electrons. The summed E-state index contributed by atoms with van der Waals surface area (Å²) in [5, 5.41) is 1.05. The number of sulfonamides is 1. The second-order valence-electron chi connectivity index (χ2n) is 9.17. The lowest BCUT2D eigenvalue weighted by molar-refractivity contribution is -0.550. The Balaban J connectivity index is 1.83. The molecule has 3 aromatic carbocycles. The second-order valence-corrected chi connectivity index (χ2v) is 10.8. The quantitative estimate of drug-likeness (QED) is 0.329. The van der Waals surface area contributed by atoms with Crippen molar-refractivity contribution in [2.45, 2.75) is 38.0 Å². The predicted octanol–water partition coefficient (Wildman–Crippen LogP) is 6.34. The van der Waals surface area contributed by atoms with E-state index in [0.717, 1.165) is 22.0 Å². The molecule has 0 atom stereocenters. The third-order valence-electron chi connectivity index (χ3n) is 5.65. The number of aromatic nitrogens is 1. The highest BCUT2D eigenvalue weighted by molar-refractivity contribution is 7.94. The van der Waals surface area contributed by atoms with Crippen molar-refractivity contribution >= 4 is 26.6 Å². The van der Waals surface area contributed by atoms with Crippen molar-refractivity contribution in [3.05, 3.63) is 119 Å². The fourth-order valence-corrected chi connectivity index (χ4v) is 4.52. The van der Waals surface area contributed by atoms with Gasteiger partial charge in [0.1, 0.15) is 10.0 Å². The Morgan fingerprint density at radius 2 is 1.48 bits per heavy atom. The highest BCUT2D eigenvalue weighted by Gasteiger charge is 2.18. The lowest BCUT2D eigenvalue weighted by atomic mass is 9.86. The molecule has 4 nitrogen and oxygen atoms in total. The molecule has 0 unspecified atom stereocenters. The average Bonchev–Trinajstić information content (AvgIpc) is 2.79. The maximum atomic E-state index is 12.9. The molecule has 0 saturated heterocycles. The molecule has 0 amide bonds. The number of hydrogen-bond acceptors (Lipinski definition) is 2. The molecular formula is C28H28N2O2S. The van der Waals surface area contributed by atoms with E-state index < -0.39 is 10.0 Å². The van der Waals surface area contributed by atoms with Gasteiger partial charge in [-0.15, -0.1) is 0 Å². The molecule has 0 radical (unpaired) electrons. The van der Waals surface area contributed by atoms with Crippen LogP contribution in [0, 0.1) is 6.92 Å². The van der Waals surface area contributed by atoms with Crippen LogP contribution < -0.4 is 4.57 Å². The normalized spacial score (nSPS) is 12.7. The Morgan fingerprint density at radius 3 is 2.15 bits per heavy atom. The summed E-state index contributed by atoms with van der Waals surface area (Å²) in [6, 6.07) is 26.9. The van der Waals surface area contributed by atoms with Crippen LogP contribution in [0.25, 0.3) is 21.3 Å². The first-order chi connectivity index (χ1) is 15.6. The number of benzene rings is 3. The fraction of sp³-hybridized carbons (Fsp3) is 0.179. The predicted molar refractivity (Wildman–Crippen MR) is 134 cm³/mol. The maximum absolute atomic E-state index is 12.9. The smallest absolute Gasteiger partial charge is 0.218 e. The second kappa shape index (κ2) is 8.83. The standard InChI is InChI=1S/C28H28N2O2S/c1-21-11-17-25(18-12-21)33(31,32)29-20-27(23-13-15-24(16-14-23)28(2,3)4)30-19-7-9-22-8-5-6-10-26(22)30/h5-20H,1-4H3/b27-20-. The van der Waals surface area contributed by atoms with Gasteiger partial charge in [-0.05, 0) is 54.3 Å². The molecule has 4 aromatic rings. The van der Waals surface area contributed by atoms with Crippen LogP contribution in [0.5, 0.6) is 0 Å². The van der Waals surface area contributed by atoms with E-state index in [9.17, 15) is 8.42 Å². The Hall–Kier alpha value is -3.44. The van der Waals surface area contributed by atoms with Crippen molar-refractivity contribution in [1.82, 2.24) is 0 Å². The molecule has 33 heavy (non-hydrogen) atoms. The summed E-state index contributed by atoms with van der Waals surface area (Å²) >= 11 is 0. The molecule has 5 heteroatoms. The number of aryl methyl sites for hydroxylation is 1. The first-order valence-corrected chi connectivity index (χ1v) is 12.3. The molecule has 1 heterocycles. The van der Waals surface area contributed by atoms with Crippen LogP contribution in [-0.4, -0.2) is 8.42 Å². The van der Waals surface area contributed by atoms with Crippen LogP contribution in [0.1, 0.15) is 37.5 Å². The molecule has 0 aliphatic heterocycles. The van der Waals surface area contributed by atoms with E-state index in [1.165, 1.54) is 11.8 Å². The summed E-state index contributed by atoms with van der Waals surface area (Å²) in [5.41, 5.74) is 4.76. The van der Waals surface area contributed by atoms with Crippen LogP contribution >= 0.6 is 0 Å². The number of fused-ring (bicyclic) bond motifs is 1. The monoisotopic (exact) mass is 456 g/mol. The van der Waals surface area contributed by atoms with E-state index in [-0.39, 0.29) is 10.3 Å². The zero-order valence-electron chi connectivity index (χ0n) is 19.4. The topological polar surface area (TPSA) is 52.1 Å². The summed E-state index contributed by atoms with van der Waals surface area (Å²) in [6.45, 7) is 8.43. The van der Waals surface area contributed by atoms with E-state index >= 15 is 0 Å². The van der Waals surface area contributed by atoms with E-state index in [1.54, 1.807) is 24.3 Å². The first kappa shape index (κ1) is 22.7. The number of para-hydroxylation sites is 1. The van der Waals surface area contributed by atoms with E-state index in [0.29, 0.717) is 5.70 Å². The van der Waals surface area contributed by atoms with Crippen LogP contribution in [-0.2, 0) is 15.4 Å². The molecule has 0 aliphatic rings. The SMILES string of the molecule is Cc1ccc(S(=O)(=O)[N-]/C=C(/c2ccc(C(C)(C)C)cc2)[n+]2cccc3ccccc32)cc1. The third kappa shape index (κ3) is 4.99.